The molecule has 0 saturated heterocycles. The first kappa shape index (κ1) is 35.5. The van der Waals surface area contributed by atoms with Crippen molar-refractivity contribution >= 4 is 81.0 Å². The summed E-state index contributed by atoms with van der Waals surface area (Å²) in [4.78, 5) is 2.45. The molecule has 0 radical (unpaired) electrons. The van der Waals surface area contributed by atoms with Crippen molar-refractivity contribution < 1.29 is 0 Å². The van der Waals surface area contributed by atoms with Crippen LogP contribution >= 0.6 is 11.3 Å². The largest absolute Gasteiger partial charge is 0.314 e. The molecule has 11 aromatic rings. The van der Waals surface area contributed by atoms with E-state index in [9.17, 15) is 0 Å². The van der Waals surface area contributed by atoms with Crippen molar-refractivity contribution in [3.05, 3.63) is 230 Å². The number of para-hydroxylation sites is 1. The Balaban J connectivity index is 0.903. The standard InChI is InChI=1S/C58H40N2S/c1-2-11-39(12-3-1)40-21-30-45(31-22-40)59(47-36-27-44(28-37-47)50-17-10-18-54-52-16-7-9-20-56(52)61-58(50)54)46-32-23-41(24-33-46)42-25-34-48(35-26-42)60-55-19-8-6-15-51(55)53-38-29-43-13-4-5-14-49(43)57(53)60/h1-27,29-36,38H,28,37H2. The van der Waals surface area contributed by atoms with Crippen molar-refractivity contribution in [1.29, 1.82) is 0 Å². The zero-order chi connectivity index (χ0) is 40.3. The van der Waals surface area contributed by atoms with E-state index in [4.69, 9.17) is 0 Å². The molecule has 0 N–H and O–H groups in total. The molecule has 3 heteroatoms. The number of hydrogen-bond donors (Lipinski definition) is 0. The van der Waals surface area contributed by atoms with Crippen LogP contribution in [-0.4, -0.2) is 4.57 Å². The molecule has 0 amide bonds. The van der Waals surface area contributed by atoms with Crippen LogP contribution in [0.3, 0.4) is 0 Å². The predicted octanol–water partition coefficient (Wildman–Crippen LogP) is 16.5. The second-order valence-electron chi connectivity index (χ2n) is 16.0. The summed E-state index contributed by atoms with van der Waals surface area (Å²) in [6.07, 6.45) is 6.62. The topological polar surface area (TPSA) is 8.17 Å². The molecule has 2 nitrogen and oxygen atoms in total. The molecule has 1 aliphatic carbocycles. The molecule has 0 bridgehead atoms. The van der Waals surface area contributed by atoms with Gasteiger partial charge in [-0.1, -0.05) is 164 Å². The highest BCUT2D eigenvalue weighted by Crippen LogP contribution is 2.43. The van der Waals surface area contributed by atoms with Crippen molar-refractivity contribution in [3.8, 4) is 27.9 Å². The third-order valence-electron chi connectivity index (χ3n) is 12.5. The Kier molecular flexibility index (Phi) is 8.53. The number of anilines is 2. The van der Waals surface area contributed by atoms with Gasteiger partial charge in [-0.15, -0.1) is 11.3 Å². The SMILES string of the molecule is C1=C(c2cccc3c2sc2ccccc23)CCC(N(c2ccc(-c3ccccc3)cc2)c2ccc(-c3ccc(-n4c5ccccc5c5ccc6ccccc6c54)cc3)cc2)=C1. The van der Waals surface area contributed by atoms with E-state index in [2.05, 4.69) is 228 Å². The predicted molar refractivity (Wildman–Crippen MR) is 262 cm³/mol. The van der Waals surface area contributed by atoms with Gasteiger partial charge in [-0.3, -0.25) is 0 Å². The number of hydrogen-bond acceptors (Lipinski definition) is 2. The van der Waals surface area contributed by atoms with Gasteiger partial charge in [0.15, 0.2) is 0 Å². The molecular weight excluding hydrogens is 757 g/mol. The molecule has 9 aromatic carbocycles. The van der Waals surface area contributed by atoms with E-state index < -0.39 is 0 Å². The lowest BCUT2D eigenvalue weighted by atomic mass is 9.93. The van der Waals surface area contributed by atoms with Crippen molar-refractivity contribution in [2.24, 2.45) is 0 Å². The maximum absolute atomic E-state index is 2.45. The van der Waals surface area contributed by atoms with Gasteiger partial charge in [0.2, 0.25) is 0 Å². The Morgan fingerprint density at radius 3 is 1.74 bits per heavy atom. The van der Waals surface area contributed by atoms with Gasteiger partial charge in [-0.2, -0.15) is 0 Å². The fraction of sp³-hybridized carbons (Fsp3) is 0.0345. The molecule has 2 heterocycles. The summed E-state index contributed by atoms with van der Waals surface area (Å²) in [5.41, 5.74) is 14.8. The average Bonchev–Trinajstić information content (AvgIpc) is 3.89. The highest BCUT2D eigenvalue weighted by atomic mass is 32.1. The Morgan fingerprint density at radius 1 is 0.410 bits per heavy atom. The van der Waals surface area contributed by atoms with E-state index in [0.29, 0.717) is 0 Å². The highest BCUT2D eigenvalue weighted by molar-refractivity contribution is 7.26. The smallest absolute Gasteiger partial charge is 0.0619 e. The van der Waals surface area contributed by atoms with Crippen LogP contribution in [0.15, 0.2) is 224 Å². The van der Waals surface area contributed by atoms with E-state index in [1.165, 1.54) is 91.8 Å². The molecule has 0 unspecified atom stereocenters. The monoisotopic (exact) mass is 796 g/mol. The number of thiophene rings is 1. The molecule has 0 spiro atoms. The second kappa shape index (κ2) is 14.7. The maximum atomic E-state index is 2.45. The van der Waals surface area contributed by atoms with Crippen molar-refractivity contribution in [2.45, 2.75) is 12.8 Å². The van der Waals surface area contributed by atoms with Gasteiger partial charge in [0.25, 0.3) is 0 Å². The van der Waals surface area contributed by atoms with Crippen LogP contribution in [0, 0.1) is 0 Å². The zero-order valence-corrected chi connectivity index (χ0v) is 34.3. The van der Waals surface area contributed by atoms with E-state index in [1.54, 1.807) is 0 Å². The minimum absolute atomic E-state index is 0.939. The number of rotatable bonds is 7. The zero-order valence-electron chi connectivity index (χ0n) is 33.5. The minimum Gasteiger partial charge on any atom is -0.314 e. The molecule has 288 valence electrons. The number of benzene rings is 9. The van der Waals surface area contributed by atoms with Crippen molar-refractivity contribution in [2.75, 3.05) is 4.90 Å². The van der Waals surface area contributed by atoms with Crippen LogP contribution in [0.25, 0.3) is 86.3 Å². The molecule has 61 heavy (non-hydrogen) atoms. The van der Waals surface area contributed by atoms with E-state index in [-0.39, 0.29) is 0 Å². The summed E-state index contributed by atoms with van der Waals surface area (Å²) in [6.45, 7) is 0. The van der Waals surface area contributed by atoms with Crippen LogP contribution < -0.4 is 4.90 Å². The Morgan fingerprint density at radius 2 is 1.02 bits per heavy atom. The van der Waals surface area contributed by atoms with E-state index in [0.717, 1.165) is 29.9 Å². The first-order chi connectivity index (χ1) is 30.2. The molecule has 1 aliphatic rings. The third kappa shape index (κ3) is 6.08. The fourth-order valence-electron chi connectivity index (χ4n) is 9.56. The number of aromatic nitrogens is 1. The van der Waals surface area contributed by atoms with Crippen LogP contribution in [0.1, 0.15) is 18.4 Å². The van der Waals surface area contributed by atoms with Crippen LogP contribution in [0.5, 0.6) is 0 Å². The first-order valence-electron chi connectivity index (χ1n) is 21.1. The summed E-state index contributed by atoms with van der Waals surface area (Å²) < 4.78 is 5.16. The van der Waals surface area contributed by atoms with Gasteiger partial charge >= 0.3 is 0 Å². The Hall–Kier alpha value is -7.46. The summed E-state index contributed by atoms with van der Waals surface area (Å²) in [7, 11) is 0. The lowest BCUT2D eigenvalue weighted by molar-refractivity contribution is 0.931. The molecule has 0 fully saturated rings. The van der Waals surface area contributed by atoms with Crippen LogP contribution in [0.2, 0.25) is 0 Å². The summed E-state index contributed by atoms with van der Waals surface area (Å²) in [5, 5.41) is 7.77. The van der Waals surface area contributed by atoms with Gasteiger partial charge in [0.1, 0.15) is 0 Å². The lowest BCUT2D eigenvalue weighted by Crippen LogP contribution is -2.17. The Labute approximate surface area is 359 Å². The number of fused-ring (bicyclic) bond motifs is 8. The highest BCUT2D eigenvalue weighted by Gasteiger charge is 2.21. The van der Waals surface area contributed by atoms with Gasteiger partial charge in [0.05, 0.1) is 11.0 Å². The van der Waals surface area contributed by atoms with Crippen LogP contribution in [-0.2, 0) is 0 Å². The van der Waals surface area contributed by atoms with Crippen molar-refractivity contribution in [1.82, 2.24) is 4.57 Å². The van der Waals surface area contributed by atoms with E-state index in [1.807, 2.05) is 11.3 Å². The first-order valence-corrected chi connectivity index (χ1v) is 21.9. The molecule has 12 rings (SSSR count). The molecule has 0 atom stereocenters. The molecule has 2 aromatic heterocycles. The quantitative estimate of drug-likeness (QED) is 0.156. The van der Waals surface area contributed by atoms with Crippen LogP contribution in [0.4, 0.5) is 11.4 Å². The van der Waals surface area contributed by atoms with Gasteiger partial charge < -0.3 is 9.47 Å². The Bertz CT molecular complexity index is 3490. The number of allylic oxidation sites excluding steroid dienone is 4. The van der Waals surface area contributed by atoms with Gasteiger partial charge in [-0.05, 0) is 106 Å². The van der Waals surface area contributed by atoms with Crippen molar-refractivity contribution in [3.63, 3.8) is 0 Å². The molecular formula is C58H40N2S. The maximum Gasteiger partial charge on any atom is 0.0619 e. The summed E-state index contributed by atoms with van der Waals surface area (Å²) >= 11 is 1.91. The number of nitrogens with zero attached hydrogens (tertiary/aromatic N) is 2. The molecule has 0 aliphatic heterocycles. The minimum atomic E-state index is 0.939. The normalized spacial score (nSPS) is 13.0. The second-order valence-corrected chi connectivity index (χ2v) is 17.1. The summed E-state index contributed by atoms with van der Waals surface area (Å²) in [6, 6.07) is 75.4. The third-order valence-corrected chi connectivity index (χ3v) is 13.8. The lowest BCUT2D eigenvalue weighted by Gasteiger charge is -2.30. The average molecular weight is 797 g/mol. The van der Waals surface area contributed by atoms with E-state index >= 15 is 0 Å². The fourth-order valence-corrected chi connectivity index (χ4v) is 10.8. The van der Waals surface area contributed by atoms with Gasteiger partial charge in [-0.25, -0.2) is 0 Å². The summed E-state index contributed by atoms with van der Waals surface area (Å²) in [5.74, 6) is 0. The van der Waals surface area contributed by atoms with Gasteiger partial charge in [0, 0.05) is 59.1 Å². The molecule has 0 saturated carbocycles.